The molecule has 0 spiro atoms. The van der Waals surface area contributed by atoms with Crippen LogP contribution in [0.1, 0.15) is 22.4 Å². The van der Waals surface area contributed by atoms with Gasteiger partial charge in [-0.2, -0.15) is 4.98 Å². The molecule has 0 bridgehead atoms. The van der Waals surface area contributed by atoms with Gasteiger partial charge in [-0.05, 0) is 55.7 Å². The van der Waals surface area contributed by atoms with Gasteiger partial charge in [0.1, 0.15) is 5.82 Å². The van der Waals surface area contributed by atoms with Crippen molar-refractivity contribution in [2.45, 2.75) is 27.3 Å². The van der Waals surface area contributed by atoms with Crippen LogP contribution in [0, 0.1) is 20.8 Å². The summed E-state index contributed by atoms with van der Waals surface area (Å²) in [7, 11) is 0. The zero-order chi connectivity index (χ0) is 19.7. The number of halogens is 1. The van der Waals surface area contributed by atoms with Crippen molar-refractivity contribution < 1.29 is 9.47 Å². The molecule has 2 heterocycles. The van der Waals surface area contributed by atoms with Crippen molar-refractivity contribution in [2.75, 3.05) is 17.4 Å². The first-order valence-electron chi connectivity index (χ1n) is 9.00. The van der Waals surface area contributed by atoms with Gasteiger partial charge in [0, 0.05) is 18.3 Å². The molecule has 7 heteroatoms. The first-order chi connectivity index (χ1) is 13.5. The predicted molar refractivity (Wildman–Crippen MR) is 111 cm³/mol. The molecule has 0 radical (unpaired) electrons. The van der Waals surface area contributed by atoms with E-state index in [2.05, 4.69) is 26.7 Å². The summed E-state index contributed by atoms with van der Waals surface area (Å²) in [6.07, 6.45) is 0. The molecule has 3 aromatic rings. The molecule has 0 unspecified atom stereocenters. The fraction of sp³-hybridized carbons (Fsp3) is 0.238. The van der Waals surface area contributed by atoms with Gasteiger partial charge in [-0.25, -0.2) is 4.98 Å². The van der Waals surface area contributed by atoms with E-state index in [1.54, 1.807) is 0 Å². The smallest absolute Gasteiger partial charge is 0.231 e. The average molecular weight is 397 g/mol. The van der Waals surface area contributed by atoms with Crippen LogP contribution in [0.4, 0.5) is 17.5 Å². The summed E-state index contributed by atoms with van der Waals surface area (Å²) in [5.41, 5.74) is 4.95. The second kappa shape index (κ2) is 7.56. The van der Waals surface area contributed by atoms with Crippen LogP contribution in [0.25, 0.3) is 0 Å². The van der Waals surface area contributed by atoms with Crippen molar-refractivity contribution in [1.82, 2.24) is 9.97 Å². The van der Waals surface area contributed by atoms with Gasteiger partial charge in [0.05, 0.1) is 10.7 Å². The summed E-state index contributed by atoms with van der Waals surface area (Å²) < 4.78 is 10.8. The largest absolute Gasteiger partial charge is 0.454 e. The Morgan fingerprint density at radius 3 is 2.64 bits per heavy atom. The molecule has 0 aliphatic carbocycles. The van der Waals surface area contributed by atoms with Crippen molar-refractivity contribution in [3.63, 3.8) is 0 Å². The molecule has 6 nitrogen and oxygen atoms in total. The number of aromatic nitrogens is 2. The second-order valence-corrected chi connectivity index (χ2v) is 7.23. The molecule has 1 aromatic heterocycles. The number of nitrogens with zero attached hydrogens (tertiary/aromatic N) is 2. The van der Waals surface area contributed by atoms with Crippen LogP contribution in [-0.2, 0) is 6.54 Å². The van der Waals surface area contributed by atoms with Crippen molar-refractivity contribution in [2.24, 2.45) is 0 Å². The van der Waals surface area contributed by atoms with E-state index in [0.717, 1.165) is 39.6 Å². The SMILES string of the molecule is Cc1cc(C)c(Nc2cc(C)nc(NCc3ccc4c(c3)OCO4)n2)c(Cl)c1. The fourth-order valence-corrected chi connectivity index (χ4v) is 3.51. The number of benzene rings is 2. The minimum Gasteiger partial charge on any atom is -0.454 e. The van der Waals surface area contributed by atoms with Crippen molar-refractivity contribution in [3.8, 4) is 11.5 Å². The van der Waals surface area contributed by atoms with Gasteiger partial charge in [0.2, 0.25) is 12.7 Å². The molecule has 2 aromatic carbocycles. The van der Waals surface area contributed by atoms with Crippen LogP contribution < -0.4 is 20.1 Å². The van der Waals surface area contributed by atoms with Gasteiger partial charge in [0.25, 0.3) is 0 Å². The average Bonchev–Trinajstić information content (AvgIpc) is 3.10. The van der Waals surface area contributed by atoms with E-state index in [-0.39, 0.29) is 6.79 Å². The van der Waals surface area contributed by atoms with E-state index >= 15 is 0 Å². The molecule has 0 saturated carbocycles. The van der Waals surface area contributed by atoms with Crippen LogP contribution in [0.2, 0.25) is 5.02 Å². The quantitative estimate of drug-likeness (QED) is 0.622. The van der Waals surface area contributed by atoms with Gasteiger partial charge in [0.15, 0.2) is 11.5 Å². The maximum Gasteiger partial charge on any atom is 0.231 e. The Morgan fingerprint density at radius 1 is 1.00 bits per heavy atom. The molecule has 2 N–H and O–H groups in total. The maximum atomic E-state index is 6.41. The predicted octanol–water partition coefficient (Wildman–Crippen LogP) is 5.14. The second-order valence-electron chi connectivity index (χ2n) is 6.82. The number of nitrogens with one attached hydrogen (secondary N) is 2. The maximum absolute atomic E-state index is 6.41. The monoisotopic (exact) mass is 396 g/mol. The highest BCUT2D eigenvalue weighted by atomic mass is 35.5. The number of ether oxygens (including phenoxy) is 2. The minimum absolute atomic E-state index is 0.267. The third-order valence-corrected chi connectivity index (χ3v) is 4.72. The Bertz CT molecular complexity index is 1020. The molecule has 0 atom stereocenters. The highest BCUT2D eigenvalue weighted by Gasteiger charge is 2.13. The molecule has 0 saturated heterocycles. The molecular formula is C21H21ClN4O2. The molecular weight excluding hydrogens is 376 g/mol. The number of hydrogen-bond donors (Lipinski definition) is 2. The Balaban J connectivity index is 1.51. The molecule has 1 aliphatic heterocycles. The van der Waals surface area contributed by atoms with Crippen molar-refractivity contribution in [1.29, 1.82) is 0 Å². The number of hydrogen-bond acceptors (Lipinski definition) is 6. The Kier molecular flexibility index (Phi) is 4.96. The van der Waals surface area contributed by atoms with Crippen LogP contribution in [-0.4, -0.2) is 16.8 Å². The lowest BCUT2D eigenvalue weighted by Crippen LogP contribution is -2.07. The molecule has 0 fully saturated rings. The van der Waals surface area contributed by atoms with E-state index in [1.807, 2.05) is 51.1 Å². The van der Waals surface area contributed by atoms with Crippen LogP contribution in [0.3, 0.4) is 0 Å². The summed E-state index contributed by atoms with van der Waals surface area (Å²) in [5, 5.41) is 7.26. The number of anilines is 3. The summed E-state index contributed by atoms with van der Waals surface area (Å²) >= 11 is 6.41. The lowest BCUT2D eigenvalue weighted by Gasteiger charge is -2.14. The number of rotatable bonds is 5. The van der Waals surface area contributed by atoms with E-state index in [4.69, 9.17) is 21.1 Å². The molecule has 4 rings (SSSR count). The lowest BCUT2D eigenvalue weighted by molar-refractivity contribution is 0.174. The molecule has 0 amide bonds. The zero-order valence-corrected chi connectivity index (χ0v) is 16.7. The first kappa shape index (κ1) is 18.4. The Hall–Kier alpha value is -2.99. The topological polar surface area (TPSA) is 68.3 Å². The zero-order valence-electron chi connectivity index (χ0n) is 16.0. The van der Waals surface area contributed by atoms with Gasteiger partial charge >= 0.3 is 0 Å². The van der Waals surface area contributed by atoms with E-state index < -0.39 is 0 Å². The summed E-state index contributed by atoms with van der Waals surface area (Å²) in [5.74, 6) is 2.76. The van der Waals surface area contributed by atoms with E-state index in [0.29, 0.717) is 23.3 Å². The standard InChI is InChI=1S/C21H21ClN4O2/c1-12-6-13(2)20(16(22)7-12)25-19-8-14(3)24-21(26-19)23-10-15-4-5-17-18(9-15)28-11-27-17/h4-9H,10-11H2,1-3H3,(H2,23,24,25,26). The van der Waals surface area contributed by atoms with Gasteiger partial charge < -0.3 is 20.1 Å². The van der Waals surface area contributed by atoms with Gasteiger partial charge in [-0.1, -0.05) is 23.7 Å². The van der Waals surface area contributed by atoms with Gasteiger partial charge in [-0.15, -0.1) is 0 Å². The Morgan fingerprint density at radius 2 is 1.82 bits per heavy atom. The van der Waals surface area contributed by atoms with Crippen LogP contribution >= 0.6 is 11.6 Å². The number of fused-ring (bicyclic) bond motifs is 1. The highest BCUT2D eigenvalue weighted by Crippen LogP contribution is 2.33. The molecule has 1 aliphatic rings. The highest BCUT2D eigenvalue weighted by molar-refractivity contribution is 6.33. The van der Waals surface area contributed by atoms with Crippen LogP contribution in [0.15, 0.2) is 36.4 Å². The summed E-state index contributed by atoms with van der Waals surface area (Å²) in [6.45, 7) is 6.82. The van der Waals surface area contributed by atoms with Crippen molar-refractivity contribution >= 4 is 29.1 Å². The summed E-state index contributed by atoms with van der Waals surface area (Å²) in [6, 6.07) is 11.8. The molecule has 144 valence electrons. The molecule has 28 heavy (non-hydrogen) atoms. The van der Waals surface area contributed by atoms with Crippen LogP contribution in [0.5, 0.6) is 11.5 Å². The lowest BCUT2D eigenvalue weighted by atomic mass is 10.1. The fourth-order valence-electron chi connectivity index (χ4n) is 3.15. The normalized spacial score (nSPS) is 12.1. The van der Waals surface area contributed by atoms with E-state index in [1.165, 1.54) is 0 Å². The summed E-state index contributed by atoms with van der Waals surface area (Å²) in [4.78, 5) is 9.04. The van der Waals surface area contributed by atoms with Crippen molar-refractivity contribution in [3.05, 3.63) is 63.8 Å². The van der Waals surface area contributed by atoms with E-state index in [9.17, 15) is 0 Å². The van der Waals surface area contributed by atoms with Gasteiger partial charge in [-0.3, -0.25) is 0 Å². The third kappa shape index (κ3) is 3.97. The first-order valence-corrected chi connectivity index (χ1v) is 9.37. The minimum atomic E-state index is 0.267. The Labute approximate surface area is 168 Å². The third-order valence-electron chi connectivity index (χ3n) is 4.43. The number of aryl methyl sites for hydroxylation is 3.